The summed E-state index contributed by atoms with van der Waals surface area (Å²) in [6.45, 7) is 1.61. The molecule has 1 rings (SSSR count). The van der Waals surface area contributed by atoms with Gasteiger partial charge in [-0.1, -0.05) is 0 Å². The Morgan fingerprint density at radius 2 is 2.38 bits per heavy atom. The molecule has 0 N–H and O–H groups in total. The lowest BCUT2D eigenvalue weighted by atomic mass is 10.3. The summed E-state index contributed by atoms with van der Waals surface area (Å²) in [7, 11) is 1.65. The monoisotopic (exact) mass is 114 g/mol. The van der Waals surface area contributed by atoms with Crippen LogP contribution >= 0.6 is 0 Å². The number of methoxy groups -OCH3 is 1. The van der Waals surface area contributed by atoms with Crippen molar-refractivity contribution in [2.75, 3.05) is 7.11 Å². The van der Waals surface area contributed by atoms with Gasteiger partial charge in [0.2, 0.25) is 0 Å². The van der Waals surface area contributed by atoms with Gasteiger partial charge in [0.05, 0.1) is 6.10 Å². The zero-order valence-electron chi connectivity index (χ0n) is 5.18. The van der Waals surface area contributed by atoms with E-state index in [2.05, 4.69) is 0 Å². The Hall–Kier alpha value is -0.370. The molecule has 0 aromatic rings. The molecule has 1 aliphatic rings. The molecule has 1 aliphatic carbocycles. The molecule has 0 aromatic heterocycles. The lowest BCUT2D eigenvalue weighted by molar-refractivity contribution is -0.118. The fraction of sp³-hybridized carbons (Fsp3) is 0.833. The van der Waals surface area contributed by atoms with Crippen molar-refractivity contribution in [2.24, 2.45) is 5.92 Å². The highest BCUT2D eigenvalue weighted by Crippen LogP contribution is 2.33. The van der Waals surface area contributed by atoms with Gasteiger partial charge in [-0.2, -0.15) is 0 Å². The van der Waals surface area contributed by atoms with Crippen molar-refractivity contribution in [3.63, 3.8) is 0 Å². The molecule has 1 fully saturated rings. The average molecular weight is 114 g/mol. The first-order chi connectivity index (χ1) is 3.75. The van der Waals surface area contributed by atoms with Gasteiger partial charge < -0.3 is 4.74 Å². The van der Waals surface area contributed by atoms with Gasteiger partial charge in [0.15, 0.2) is 0 Å². The van der Waals surface area contributed by atoms with Crippen molar-refractivity contribution in [1.82, 2.24) is 0 Å². The minimum absolute atomic E-state index is 0.222. The molecule has 2 nitrogen and oxygen atoms in total. The van der Waals surface area contributed by atoms with Gasteiger partial charge in [0.25, 0.3) is 0 Å². The molecule has 2 atom stereocenters. The fourth-order valence-corrected chi connectivity index (χ4v) is 0.860. The molecular formula is C6H10O2. The Balaban J connectivity index is 2.26. The summed E-state index contributed by atoms with van der Waals surface area (Å²) in [5, 5.41) is 0. The minimum atomic E-state index is 0.222. The topological polar surface area (TPSA) is 26.3 Å². The molecule has 2 unspecified atom stereocenters. The number of Topliss-reactive ketones (excluding diaryl/α,β-unsaturated/α-hetero) is 1. The number of hydrogen-bond donors (Lipinski definition) is 0. The molecule has 46 valence electrons. The number of carbonyl (C=O) groups is 1. The molecule has 0 radical (unpaired) electrons. The standard InChI is InChI=1S/C6H10O2/c1-4(7)5-3-6(5)8-2/h5-6H,3H2,1-2H3. The molecule has 8 heavy (non-hydrogen) atoms. The highest BCUT2D eigenvalue weighted by molar-refractivity contribution is 5.81. The second-order valence-electron chi connectivity index (χ2n) is 2.23. The third-order valence-corrected chi connectivity index (χ3v) is 1.56. The van der Waals surface area contributed by atoms with Crippen molar-refractivity contribution in [1.29, 1.82) is 0 Å². The van der Waals surface area contributed by atoms with E-state index < -0.39 is 0 Å². The lowest BCUT2D eigenvalue weighted by Gasteiger charge is -1.88. The van der Waals surface area contributed by atoms with Gasteiger partial charge >= 0.3 is 0 Å². The van der Waals surface area contributed by atoms with Crippen LogP contribution < -0.4 is 0 Å². The zero-order chi connectivity index (χ0) is 6.15. The van der Waals surface area contributed by atoms with Gasteiger partial charge in [-0.25, -0.2) is 0 Å². The predicted octanol–water partition coefficient (Wildman–Crippen LogP) is 0.610. The maximum Gasteiger partial charge on any atom is 0.135 e. The van der Waals surface area contributed by atoms with E-state index in [0.29, 0.717) is 0 Å². The molecule has 0 heterocycles. The van der Waals surface area contributed by atoms with Crippen LogP contribution in [0, 0.1) is 5.92 Å². The van der Waals surface area contributed by atoms with E-state index in [1.807, 2.05) is 0 Å². The van der Waals surface area contributed by atoms with E-state index in [1.54, 1.807) is 14.0 Å². The first-order valence-electron chi connectivity index (χ1n) is 2.79. The molecule has 0 saturated heterocycles. The van der Waals surface area contributed by atoms with Crippen LogP contribution in [0.4, 0.5) is 0 Å². The highest BCUT2D eigenvalue weighted by Gasteiger charge is 2.40. The third-order valence-electron chi connectivity index (χ3n) is 1.56. The fourth-order valence-electron chi connectivity index (χ4n) is 0.860. The molecule has 0 bridgehead atoms. The van der Waals surface area contributed by atoms with Crippen LogP contribution in [0.25, 0.3) is 0 Å². The van der Waals surface area contributed by atoms with Crippen molar-refractivity contribution < 1.29 is 9.53 Å². The molecule has 2 heteroatoms. The Kier molecular flexibility index (Phi) is 1.34. The largest absolute Gasteiger partial charge is 0.381 e. The van der Waals surface area contributed by atoms with Crippen LogP contribution in [-0.4, -0.2) is 19.0 Å². The van der Waals surface area contributed by atoms with Gasteiger partial charge in [0.1, 0.15) is 5.78 Å². The Bertz CT molecular complexity index is 109. The van der Waals surface area contributed by atoms with E-state index in [1.165, 1.54) is 0 Å². The van der Waals surface area contributed by atoms with Crippen LogP contribution in [-0.2, 0) is 9.53 Å². The van der Waals surface area contributed by atoms with Gasteiger partial charge in [-0.15, -0.1) is 0 Å². The smallest absolute Gasteiger partial charge is 0.135 e. The van der Waals surface area contributed by atoms with Crippen LogP contribution in [0.5, 0.6) is 0 Å². The van der Waals surface area contributed by atoms with Crippen molar-refractivity contribution >= 4 is 5.78 Å². The number of ketones is 1. The molecule has 0 aliphatic heterocycles. The Morgan fingerprint density at radius 3 is 2.50 bits per heavy atom. The maximum absolute atomic E-state index is 10.5. The van der Waals surface area contributed by atoms with E-state index in [4.69, 9.17) is 4.74 Å². The summed E-state index contributed by atoms with van der Waals surface area (Å²) in [6, 6.07) is 0. The van der Waals surface area contributed by atoms with E-state index >= 15 is 0 Å². The second kappa shape index (κ2) is 1.86. The molecular weight excluding hydrogens is 104 g/mol. The highest BCUT2D eigenvalue weighted by atomic mass is 16.5. The third kappa shape index (κ3) is 0.892. The summed E-state index contributed by atoms with van der Waals surface area (Å²) in [4.78, 5) is 10.5. The van der Waals surface area contributed by atoms with Crippen molar-refractivity contribution in [3.8, 4) is 0 Å². The number of ether oxygens (including phenoxy) is 1. The van der Waals surface area contributed by atoms with Crippen molar-refractivity contribution in [3.05, 3.63) is 0 Å². The number of rotatable bonds is 2. The summed E-state index contributed by atoms with van der Waals surface area (Å²) in [6.07, 6.45) is 1.18. The molecule has 0 spiro atoms. The second-order valence-corrected chi connectivity index (χ2v) is 2.23. The van der Waals surface area contributed by atoms with E-state index in [-0.39, 0.29) is 17.8 Å². The molecule has 0 amide bonds. The SMILES string of the molecule is COC1CC1C(C)=O. The first kappa shape index (κ1) is 5.76. The summed E-state index contributed by atoms with van der Waals surface area (Å²) in [5.74, 6) is 0.483. The minimum Gasteiger partial charge on any atom is -0.381 e. The first-order valence-corrected chi connectivity index (χ1v) is 2.79. The summed E-state index contributed by atoms with van der Waals surface area (Å²) in [5.41, 5.74) is 0. The van der Waals surface area contributed by atoms with E-state index in [9.17, 15) is 4.79 Å². The van der Waals surface area contributed by atoms with Gasteiger partial charge in [0, 0.05) is 13.0 Å². The molecule has 1 saturated carbocycles. The number of hydrogen-bond acceptors (Lipinski definition) is 2. The van der Waals surface area contributed by atoms with Crippen LogP contribution in [0.3, 0.4) is 0 Å². The molecule has 0 aromatic carbocycles. The Morgan fingerprint density at radius 1 is 1.75 bits per heavy atom. The van der Waals surface area contributed by atoms with Crippen LogP contribution in [0.1, 0.15) is 13.3 Å². The zero-order valence-corrected chi connectivity index (χ0v) is 5.18. The van der Waals surface area contributed by atoms with Crippen LogP contribution in [0.15, 0.2) is 0 Å². The van der Waals surface area contributed by atoms with Crippen molar-refractivity contribution in [2.45, 2.75) is 19.4 Å². The summed E-state index contributed by atoms with van der Waals surface area (Å²) >= 11 is 0. The lowest BCUT2D eigenvalue weighted by Crippen LogP contribution is -1.99. The van der Waals surface area contributed by atoms with E-state index in [0.717, 1.165) is 6.42 Å². The van der Waals surface area contributed by atoms with Gasteiger partial charge in [-0.3, -0.25) is 4.79 Å². The number of carbonyl (C=O) groups excluding carboxylic acids is 1. The average Bonchev–Trinajstić information content (AvgIpc) is 2.42. The normalized spacial score (nSPS) is 34.8. The Labute approximate surface area is 48.8 Å². The predicted molar refractivity (Wildman–Crippen MR) is 29.6 cm³/mol. The van der Waals surface area contributed by atoms with Gasteiger partial charge in [-0.05, 0) is 13.3 Å². The van der Waals surface area contributed by atoms with Crippen LogP contribution in [0.2, 0.25) is 0 Å². The summed E-state index contributed by atoms with van der Waals surface area (Å²) < 4.78 is 4.91. The quantitative estimate of drug-likeness (QED) is 0.525. The maximum atomic E-state index is 10.5.